The first-order chi connectivity index (χ1) is 10.4. The fourth-order valence-electron chi connectivity index (χ4n) is 3.53. The van der Waals surface area contributed by atoms with Crippen LogP contribution in [-0.4, -0.2) is 48.3 Å². The normalized spacial score (nSPS) is 28.1. The van der Waals surface area contributed by atoms with E-state index in [0.29, 0.717) is 28.5 Å². The highest BCUT2D eigenvalue weighted by atomic mass is 35.5. The number of carbonyl (C=O) groups excluding carboxylic acids is 1. The minimum atomic E-state index is -0.565. The number of hydrogen-bond donors (Lipinski definition) is 1. The molecule has 0 radical (unpaired) electrons. The summed E-state index contributed by atoms with van der Waals surface area (Å²) in [6.07, 6.45) is 0.753. The van der Waals surface area contributed by atoms with Crippen molar-refractivity contribution in [1.29, 1.82) is 0 Å². The first-order valence-electron chi connectivity index (χ1n) is 7.10. The van der Waals surface area contributed by atoms with Crippen LogP contribution >= 0.6 is 23.2 Å². The van der Waals surface area contributed by atoms with Crippen LogP contribution < -0.4 is 0 Å². The minimum Gasteiger partial charge on any atom is -0.466 e. The van der Waals surface area contributed by atoms with Crippen molar-refractivity contribution in [2.75, 3.05) is 14.2 Å². The summed E-state index contributed by atoms with van der Waals surface area (Å²) < 4.78 is 4.95. The summed E-state index contributed by atoms with van der Waals surface area (Å²) in [5, 5.41) is 11.2. The highest BCUT2D eigenvalue weighted by molar-refractivity contribution is 6.42. The van der Waals surface area contributed by atoms with Crippen LogP contribution in [0.25, 0.3) is 5.57 Å². The van der Waals surface area contributed by atoms with Crippen molar-refractivity contribution in [3.05, 3.63) is 39.4 Å². The second kappa shape index (κ2) is 5.85. The lowest BCUT2D eigenvalue weighted by molar-refractivity contribution is -0.137. The van der Waals surface area contributed by atoms with E-state index in [1.807, 2.05) is 13.1 Å². The van der Waals surface area contributed by atoms with Gasteiger partial charge in [0.2, 0.25) is 0 Å². The van der Waals surface area contributed by atoms with Crippen molar-refractivity contribution >= 4 is 34.7 Å². The average Bonchev–Trinajstić information content (AvgIpc) is 2.68. The number of likely N-dealkylation sites (N-methyl/N-ethyl adjacent to an activating group) is 1. The van der Waals surface area contributed by atoms with Gasteiger partial charge < -0.3 is 9.84 Å². The average molecular weight is 342 g/mol. The van der Waals surface area contributed by atoms with Crippen LogP contribution in [-0.2, 0) is 9.53 Å². The van der Waals surface area contributed by atoms with E-state index >= 15 is 0 Å². The topological polar surface area (TPSA) is 49.8 Å². The molecule has 0 saturated carbocycles. The summed E-state index contributed by atoms with van der Waals surface area (Å²) in [6.45, 7) is 0. The van der Waals surface area contributed by atoms with E-state index in [9.17, 15) is 9.90 Å². The van der Waals surface area contributed by atoms with Gasteiger partial charge in [0.25, 0.3) is 0 Å². The van der Waals surface area contributed by atoms with Gasteiger partial charge >= 0.3 is 5.97 Å². The van der Waals surface area contributed by atoms with Gasteiger partial charge in [-0.1, -0.05) is 29.3 Å². The molecule has 118 valence electrons. The molecule has 0 spiro atoms. The highest BCUT2D eigenvalue weighted by Gasteiger charge is 2.47. The Hall–Kier alpha value is -1.07. The number of fused-ring (bicyclic) bond motifs is 2. The molecule has 1 aromatic carbocycles. The predicted molar refractivity (Wildman–Crippen MR) is 86.0 cm³/mol. The molecule has 2 aliphatic heterocycles. The molecule has 22 heavy (non-hydrogen) atoms. The van der Waals surface area contributed by atoms with E-state index in [0.717, 1.165) is 11.1 Å². The molecule has 0 unspecified atom stereocenters. The Kier molecular flexibility index (Phi) is 4.21. The number of methoxy groups -OCH3 is 1. The Morgan fingerprint density at radius 1 is 1.36 bits per heavy atom. The van der Waals surface area contributed by atoms with E-state index in [2.05, 4.69) is 4.90 Å². The van der Waals surface area contributed by atoms with Gasteiger partial charge in [0.05, 0.1) is 34.9 Å². The van der Waals surface area contributed by atoms with Crippen LogP contribution in [0.5, 0.6) is 0 Å². The number of hydrogen-bond acceptors (Lipinski definition) is 4. The van der Waals surface area contributed by atoms with Crippen molar-refractivity contribution in [1.82, 2.24) is 4.90 Å². The lowest BCUT2D eigenvalue weighted by atomic mass is 9.88. The van der Waals surface area contributed by atoms with Gasteiger partial charge in [0.15, 0.2) is 0 Å². The van der Waals surface area contributed by atoms with Gasteiger partial charge in [-0.05, 0) is 43.2 Å². The van der Waals surface area contributed by atoms with E-state index in [1.165, 1.54) is 7.11 Å². The molecule has 0 aromatic heterocycles. The molecule has 1 fully saturated rings. The molecule has 6 heteroatoms. The fourth-order valence-corrected chi connectivity index (χ4v) is 3.83. The van der Waals surface area contributed by atoms with Crippen molar-refractivity contribution in [2.24, 2.45) is 0 Å². The quantitative estimate of drug-likeness (QED) is 0.840. The van der Waals surface area contributed by atoms with Crippen LogP contribution in [0.1, 0.15) is 18.4 Å². The molecule has 2 heterocycles. The lowest BCUT2D eigenvalue weighted by Crippen LogP contribution is -2.43. The van der Waals surface area contributed by atoms with E-state index in [1.54, 1.807) is 12.1 Å². The monoisotopic (exact) mass is 341 g/mol. The number of rotatable bonds is 2. The molecule has 1 aromatic rings. The molecular weight excluding hydrogens is 325 g/mol. The van der Waals surface area contributed by atoms with Crippen LogP contribution in [0.3, 0.4) is 0 Å². The molecule has 0 aliphatic carbocycles. The molecule has 2 aliphatic rings. The smallest absolute Gasteiger partial charge is 0.335 e. The highest BCUT2D eigenvalue weighted by Crippen LogP contribution is 2.43. The number of halogens is 2. The van der Waals surface area contributed by atoms with Crippen LogP contribution in [0.2, 0.25) is 10.0 Å². The summed E-state index contributed by atoms with van der Waals surface area (Å²) >= 11 is 12.1. The summed E-state index contributed by atoms with van der Waals surface area (Å²) in [5.41, 5.74) is 2.26. The largest absolute Gasteiger partial charge is 0.466 e. The first-order valence-corrected chi connectivity index (χ1v) is 7.86. The van der Waals surface area contributed by atoms with Gasteiger partial charge in [-0.3, -0.25) is 4.90 Å². The molecule has 1 saturated heterocycles. The molecule has 1 N–H and O–H groups in total. The molecule has 3 atom stereocenters. The Morgan fingerprint density at radius 3 is 2.73 bits per heavy atom. The number of aliphatic hydroxyl groups excluding tert-OH is 1. The maximum atomic E-state index is 12.3. The van der Waals surface area contributed by atoms with Gasteiger partial charge in [-0.15, -0.1) is 0 Å². The summed E-state index contributed by atoms with van der Waals surface area (Å²) in [7, 11) is 3.29. The van der Waals surface area contributed by atoms with Crippen LogP contribution in [0, 0.1) is 0 Å². The van der Waals surface area contributed by atoms with Crippen molar-refractivity contribution in [3.63, 3.8) is 0 Å². The number of carbonyl (C=O) groups is 1. The van der Waals surface area contributed by atoms with Gasteiger partial charge in [-0.25, -0.2) is 4.79 Å². The minimum absolute atomic E-state index is 0.206. The molecule has 2 bridgehead atoms. The number of ether oxygens (including phenoxy) is 1. The van der Waals surface area contributed by atoms with Crippen LogP contribution in [0.15, 0.2) is 23.8 Å². The van der Waals surface area contributed by atoms with E-state index in [-0.39, 0.29) is 12.1 Å². The summed E-state index contributed by atoms with van der Waals surface area (Å²) in [5.74, 6) is -0.405. The van der Waals surface area contributed by atoms with E-state index < -0.39 is 12.1 Å². The third-order valence-electron chi connectivity index (χ3n) is 4.63. The number of aliphatic hydroxyl groups is 1. The summed E-state index contributed by atoms with van der Waals surface area (Å²) in [6, 6.07) is 5.20. The van der Waals surface area contributed by atoms with E-state index in [4.69, 9.17) is 27.9 Å². The van der Waals surface area contributed by atoms with Gasteiger partial charge in [-0.2, -0.15) is 0 Å². The second-order valence-corrected chi connectivity index (χ2v) is 6.60. The summed E-state index contributed by atoms with van der Waals surface area (Å²) in [4.78, 5) is 14.4. The predicted octanol–water partition coefficient (Wildman–Crippen LogP) is 2.76. The fraction of sp³-hybridized carbons (Fsp3) is 0.438. The third-order valence-corrected chi connectivity index (χ3v) is 5.37. The molecular formula is C16H17Cl2NO3. The Labute approximate surface area is 139 Å². The standard InChI is InChI=1S/C16H17Cl2NO3/c1-19-9-6-10(8-3-4-11(17)12(18)5-8)14(16(21)22-2)15(19)13(20)7-9/h3-5,9,13,15,20H,6-7H2,1-2H3/t9-,13+,15+/m0/s1. The van der Waals surface area contributed by atoms with Gasteiger partial charge in [0, 0.05) is 6.04 Å². The Bertz CT molecular complexity index is 659. The van der Waals surface area contributed by atoms with Crippen LogP contribution in [0.4, 0.5) is 0 Å². The number of esters is 1. The van der Waals surface area contributed by atoms with Gasteiger partial charge in [0.1, 0.15) is 0 Å². The zero-order chi connectivity index (χ0) is 16.0. The van der Waals surface area contributed by atoms with Crippen molar-refractivity contribution in [3.8, 4) is 0 Å². The second-order valence-electron chi connectivity index (χ2n) is 5.78. The van der Waals surface area contributed by atoms with Crippen molar-refractivity contribution < 1.29 is 14.6 Å². The Morgan fingerprint density at radius 2 is 2.09 bits per heavy atom. The lowest BCUT2D eigenvalue weighted by Gasteiger charge is -2.34. The SMILES string of the molecule is COC(=O)C1=C(c2ccc(Cl)c(Cl)c2)C[C@H]2C[C@@H](O)[C@H]1N2C. The number of benzene rings is 1. The maximum Gasteiger partial charge on any atom is 0.335 e. The molecule has 0 amide bonds. The Balaban J connectivity index is 2.16. The molecule has 3 rings (SSSR count). The van der Waals surface area contributed by atoms with Crippen molar-refractivity contribution in [2.45, 2.75) is 31.0 Å². The maximum absolute atomic E-state index is 12.3. The number of nitrogens with zero attached hydrogens (tertiary/aromatic N) is 1. The third kappa shape index (κ3) is 2.44. The first kappa shape index (κ1) is 15.8. The molecule has 4 nitrogen and oxygen atoms in total. The zero-order valence-corrected chi connectivity index (χ0v) is 13.9. The zero-order valence-electron chi connectivity index (χ0n) is 12.3.